The van der Waals surface area contributed by atoms with Gasteiger partial charge < -0.3 is 9.26 Å². The van der Waals surface area contributed by atoms with E-state index in [2.05, 4.69) is 10.1 Å². The Labute approximate surface area is 247 Å². The molecule has 0 N–H and O–H groups in total. The van der Waals surface area contributed by atoms with E-state index in [1.165, 1.54) is 18.2 Å². The molecular weight excluding hydrogens is 585 g/mol. The lowest BCUT2D eigenvalue weighted by molar-refractivity contribution is -0.152. The van der Waals surface area contributed by atoms with Crippen LogP contribution in [0.4, 0.5) is 5.69 Å². The van der Waals surface area contributed by atoms with E-state index < -0.39 is 28.1 Å². The third-order valence-electron chi connectivity index (χ3n) is 5.96. The van der Waals surface area contributed by atoms with Crippen LogP contribution in [0.5, 0.6) is 0 Å². The van der Waals surface area contributed by atoms with Crippen molar-refractivity contribution in [1.82, 2.24) is 10.1 Å². The molecular formula is C30H25Cl2N3O5S. The average Bonchev–Trinajstić information content (AvgIpc) is 3.40. The number of fused-ring (bicyclic) bond motifs is 1. The van der Waals surface area contributed by atoms with Crippen LogP contribution in [0.2, 0.25) is 10.0 Å². The van der Waals surface area contributed by atoms with Crippen molar-refractivity contribution in [3.05, 3.63) is 95.0 Å². The highest BCUT2D eigenvalue weighted by molar-refractivity contribution is 7.92. The molecule has 4 aromatic carbocycles. The highest BCUT2D eigenvalue weighted by Crippen LogP contribution is 2.34. The monoisotopic (exact) mass is 609 g/mol. The fourth-order valence-corrected chi connectivity index (χ4v) is 6.39. The zero-order valence-corrected chi connectivity index (χ0v) is 24.7. The average molecular weight is 611 g/mol. The molecule has 5 aromatic rings. The Hall–Kier alpha value is -3.92. The van der Waals surface area contributed by atoms with Gasteiger partial charge in [0.05, 0.1) is 10.6 Å². The lowest BCUT2D eigenvalue weighted by Gasteiger charge is -2.27. The molecule has 210 valence electrons. The SMILES string of the molecule is CC(C)(C)OC(=O)CN(c1ccc2c(-c3noc(-c4ccccc4)n3)cccc2c1)S(=O)(=O)c1cc(Cl)cc(Cl)c1. The third-order valence-corrected chi connectivity index (χ3v) is 8.14. The van der Waals surface area contributed by atoms with Gasteiger partial charge >= 0.3 is 5.97 Å². The third kappa shape index (κ3) is 6.37. The first-order valence-corrected chi connectivity index (χ1v) is 14.7. The Morgan fingerprint density at radius 3 is 2.32 bits per heavy atom. The maximum absolute atomic E-state index is 13.9. The number of halogens is 2. The van der Waals surface area contributed by atoms with E-state index in [4.69, 9.17) is 32.5 Å². The number of nitrogens with zero attached hydrogens (tertiary/aromatic N) is 3. The van der Waals surface area contributed by atoms with Crippen LogP contribution in [-0.2, 0) is 19.6 Å². The zero-order valence-electron chi connectivity index (χ0n) is 22.3. The number of ether oxygens (including phenoxy) is 1. The van der Waals surface area contributed by atoms with Crippen LogP contribution in [0.3, 0.4) is 0 Å². The minimum absolute atomic E-state index is 0.145. The number of carbonyl (C=O) groups excluding carboxylic acids is 1. The molecule has 0 amide bonds. The Morgan fingerprint density at radius 2 is 1.63 bits per heavy atom. The largest absolute Gasteiger partial charge is 0.459 e. The van der Waals surface area contributed by atoms with Gasteiger partial charge in [-0.25, -0.2) is 8.42 Å². The Kier molecular flexibility index (Phi) is 7.78. The minimum Gasteiger partial charge on any atom is -0.459 e. The molecule has 0 spiro atoms. The van der Waals surface area contributed by atoms with Crippen LogP contribution >= 0.6 is 23.2 Å². The molecule has 41 heavy (non-hydrogen) atoms. The van der Waals surface area contributed by atoms with Gasteiger partial charge in [-0.15, -0.1) is 0 Å². The van der Waals surface area contributed by atoms with Crippen LogP contribution in [0.25, 0.3) is 33.6 Å². The lowest BCUT2D eigenvalue weighted by Crippen LogP contribution is -2.39. The van der Waals surface area contributed by atoms with Gasteiger partial charge in [-0.05, 0) is 74.0 Å². The molecule has 0 aliphatic carbocycles. The fraction of sp³-hybridized carbons (Fsp3) is 0.167. The van der Waals surface area contributed by atoms with E-state index in [1.54, 1.807) is 39.0 Å². The summed E-state index contributed by atoms with van der Waals surface area (Å²) in [5.41, 5.74) is 0.920. The molecule has 5 rings (SSSR count). The second-order valence-electron chi connectivity index (χ2n) is 10.2. The maximum atomic E-state index is 13.9. The molecule has 0 fully saturated rings. The fourth-order valence-electron chi connectivity index (χ4n) is 4.26. The topological polar surface area (TPSA) is 103 Å². The molecule has 0 saturated heterocycles. The first kappa shape index (κ1) is 28.6. The van der Waals surface area contributed by atoms with Gasteiger partial charge in [-0.1, -0.05) is 70.8 Å². The second-order valence-corrected chi connectivity index (χ2v) is 12.9. The lowest BCUT2D eigenvalue weighted by atomic mass is 10.0. The smallest absolute Gasteiger partial charge is 0.327 e. The molecule has 1 aromatic heterocycles. The summed E-state index contributed by atoms with van der Waals surface area (Å²) in [5, 5.41) is 5.91. The van der Waals surface area contributed by atoms with Crippen molar-refractivity contribution in [2.45, 2.75) is 31.3 Å². The van der Waals surface area contributed by atoms with Gasteiger partial charge in [0.2, 0.25) is 5.82 Å². The first-order valence-electron chi connectivity index (χ1n) is 12.5. The normalized spacial score (nSPS) is 11.9. The number of rotatable bonds is 7. The van der Waals surface area contributed by atoms with E-state index >= 15 is 0 Å². The van der Waals surface area contributed by atoms with Crippen LogP contribution in [0.15, 0.2) is 94.3 Å². The summed E-state index contributed by atoms with van der Waals surface area (Å²) in [6, 6.07) is 23.9. The summed E-state index contributed by atoms with van der Waals surface area (Å²) < 4.78 is 39.7. The molecule has 0 unspecified atom stereocenters. The molecule has 0 saturated carbocycles. The highest BCUT2D eigenvalue weighted by atomic mass is 35.5. The van der Waals surface area contributed by atoms with E-state index in [0.29, 0.717) is 22.7 Å². The van der Waals surface area contributed by atoms with Crippen LogP contribution < -0.4 is 4.31 Å². The quantitative estimate of drug-likeness (QED) is 0.177. The standard InChI is InChI=1S/C30H25Cl2N3O5S/c1-30(2,3)39-27(36)18-35(41(37,38)24-16-21(31)15-22(32)17-24)23-12-13-25-20(14-23)10-7-11-26(25)28-33-29(40-34-28)19-8-5-4-6-9-19/h4-17H,18H2,1-3H3. The maximum Gasteiger partial charge on any atom is 0.327 e. The van der Waals surface area contributed by atoms with E-state index in [9.17, 15) is 13.2 Å². The Balaban J connectivity index is 1.58. The van der Waals surface area contributed by atoms with Gasteiger partial charge in [-0.3, -0.25) is 9.10 Å². The van der Waals surface area contributed by atoms with Crippen molar-refractivity contribution in [1.29, 1.82) is 0 Å². The summed E-state index contributed by atoms with van der Waals surface area (Å²) >= 11 is 12.2. The predicted octanol–water partition coefficient (Wildman–Crippen LogP) is 7.40. The van der Waals surface area contributed by atoms with Crippen molar-refractivity contribution in [2.75, 3.05) is 10.8 Å². The van der Waals surface area contributed by atoms with E-state index in [1.807, 2.05) is 48.5 Å². The van der Waals surface area contributed by atoms with Crippen molar-refractivity contribution in [2.24, 2.45) is 0 Å². The number of benzene rings is 4. The summed E-state index contributed by atoms with van der Waals surface area (Å²) in [7, 11) is -4.28. The zero-order chi connectivity index (χ0) is 29.4. The van der Waals surface area contributed by atoms with Crippen LogP contribution in [0, 0.1) is 0 Å². The molecule has 0 aliphatic heterocycles. The Morgan fingerprint density at radius 1 is 0.927 bits per heavy atom. The molecule has 0 aliphatic rings. The van der Waals surface area contributed by atoms with Crippen LogP contribution in [-0.4, -0.2) is 36.7 Å². The van der Waals surface area contributed by atoms with Crippen molar-refractivity contribution in [3.8, 4) is 22.8 Å². The molecule has 8 nitrogen and oxygen atoms in total. The predicted molar refractivity (Wildman–Crippen MR) is 160 cm³/mol. The molecule has 0 atom stereocenters. The second kappa shape index (κ2) is 11.2. The molecule has 11 heteroatoms. The molecule has 0 radical (unpaired) electrons. The highest BCUT2D eigenvalue weighted by Gasteiger charge is 2.30. The number of hydrogen-bond donors (Lipinski definition) is 0. The number of esters is 1. The van der Waals surface area contributed by atoms with Gasteiger partial charge in [0, 0.05) is 21.2 Å². The van der Waals surface area contributed by atoms with Crippen molar-refractivity contribution >= 4 is 55.7 Å². The van der Waals surface area contributed by atoms with Crippen LogP contribution in [0.1, 0.15) is 20.8 Å². The number of sulfonamides is 1. The van der Waals surface area contributed by atoms with E-state index in [0.717, 1.165) is 15.3 Å². The van der Waals surface area contributed by atoms with Gasteiger partial charge in [-0.2, -0.15) is 4.98 Å². The summed E-state index contributed by atoms with van der Waals surface area (Å²) in [6.07, 6.45) is 0. The summed E-state index contributed by atoms with van der Waals surface area (Å²) in [4.78, 5) is 17.3. The first-order chi connectivity index (χ1) is 19.4. The molecule has 0 bridgehead atoms. The summed E-state index contributed by atoms with van der Waals surface area (Å²) in [5.74, 6) is 0.0429. The van der Waals surface area contributed by atoms with Crippen molar-refractivity contribution in [3.63, 3.8) is 0 Å². The number of aromatic nitrogens is 2. The van der Waals surface area contributed by atoms with Crippen molar-refractivity contribution < 1.29 is 22.5 Å². The number of carbonyl (C=O) groups is 1. The van der Waals surface area contributed by atoms with Gasteiger partial charge in [0.25, 0.3) is 15.9 Å². The minimum atomic E-state index is -4.28. The van der Waals surface area contributed by atoms with Gasteiger partial charge in [0.1, 0.15) is 12.1 Å². The molecule has 1 heterocycles. The summed E-state index contributed by atoms with van der Waals surface area (Å²) in [6.45, 7) is 4.55. The number of anilines is 1. The number of hydrogen-bond acceptors (Lipinski definition) is 7. The van der Waals surface area contributed by atoms with E-state index in [-0.39, 0.29) is 20.6 Å². The van der Waals surface area contributed by atoms with Gasteiger partial charge in [0.15, 0.2) is 0 Å². The Bertz CT molecular complexity index is 1830.